The van der Waals surface area contributed by atoms with Crippen LogP contribution in [-0.4, -0.2) is 20.7 Å². The molecule has 0 saturated heterocycles. The van der Waals surface area contributed by atoms with E-state index in [4.69, 9.17) is 4.74 Å². The molecule has 0 spiro atoms. The van der Waals surface area contributed by atoms with E-state index in [1.165, 1.54) is 30.4 Å². The summed E-state index contributed by atoms with van der Waals surface area (Å²) in [6.07, 6.45) is 3.69. The Labute approximate surface area is 91.6 Å². The lowest BCUT2D eigenvalue weighted by atomic mass is 9.84. The third-order valence-electron chi connectivity index (χ3n) is 3.24. The number of nitrogens with one attached hydrogen (secondary N) is 1. The van der Waals surface area contributed by atoms with Crippen molar-refractivity contribution in [2.75, 3.05) is 20.7 Å². The largest absolute Gasteiger partial charge is 0.497 e. The zero-order valence-corrected chi connectivity index (χ0v) is 9.55. The van der Waals surface area contributed by atoms with Crippen LogP contribution in [0.25, 0.3) is 0 Å². The molecular formula is C13H19NO. The Balaban J connectivity index is 2.13. The van der Waals surface area contributed by atoms with Gasteiger partial charge in [-0.05, 0) is 62.0 Å². The van der Waals surface area contributed by atoms with Crippen molar-refractivity contribution in [2.24, 2.45) is 5.92 Å². The first-order valence-corrected chi connectivity index (χ1v) is 5.64. The molecule has 1 aromatic carbocycles. The molecule has 2 rings (SSSR count). The molecule has 0 fully saturated rings. The maximum Gasteiger partial charge on any atom is 0.119 e. The monoisotopic (exact) mass is 205 g/mol. The van der Waals surface area contributed by atoms with Gasteiger partial charge in [0.15, 0.2) is 0 Å². The van der Waals surface area contributed by atoms with E-state index in [-0.39, 0.29) is 0 Å². The highest BCUT2D eigenvalue weighted by atomic mass is 16.5. The van der Waals surface area contributed by atoms with Gasteiger partial charge in [-0.15, -0.1) is 0 Å². The molecule has 1 aromatic rings. The van der Waals surface area contributed by atoms with Crippen LogP contribution < -0.4 is 10.1 Å². The lowest BCUT2D eigenvalue weighted by Crippen LogP contribution is -2.24. The Hall–Kier alpha value is -1.02. The van der Waals surface area contributed by atoms with Gasteiger partial charge in [-0.2, -0.15) is 0 Å². The Kier molecular flexibility index (Phi) is 3.27. The van der Waals surface area contributed by atoms with E-state index in [0.29, 0.717) is 0 Å². The molecule has 2 heteroatoms. The number of aryl methyl sites for hydroxylation is 1. The van der Waals surface area contributed by atoms with Crippen molar-refractivity contribution < 1.29 is 4.74 Å². The molecule has 1 N–H and O–H groups in total. The number of benzene rings is 1. The summed E-state index contributed by atoms with van der Waals surface area (Å²) in [5.41, 5.74) is 2.98. The van der Waals surface area contributed by atoms with Crippen LogP contribution in [0.5, 0.6) is 5.75 Å². The van der Waals surface area contributed by atoms with E-state index in [9.17, 15) is 0 Å². The third kappa shape index (κ3) is 2.32. The van der Waals surface area contributed by atoms with Crippen LogP contribution in [0.4, 0.5) is 0 Å². The Morgan fingerprint density at radius 3 is 3.00 bits per heavy atom. The summed E-state index contributed by atoms with van der Waals surface area (Å²) in [5, 5.41) is 3.27. The molecule has 0 saturated carbocycles. The summed E-state index contributed by atoms with van der Waals surface area (Å²) in [5.74, 6) is 1.79. The predicted molar refractivity (Wildman–Crippen MR) is 62.4 cm³/mol. The standard InChI is InChI=1S/C13H19NO/c1-14-9-10-3-4-12-8-13(15-2)6-5-11(12)7-10/h5-6,8,10,14H,3-4,7,9H2,1-2H3. The normalized spacial score (nSPS) is 19.7. The van der Waals surface area contributed by atoms with Gasteiger partial charge in [0, 0.05) is 0 Å². The average molecular weight is 205 g/mol. The van der Waals surface area contributed by atoms with Crippen LogP contribution in [0.15, 0.2) is 18.2 Å². The van der Waals surface area contributed by atoms with Crippen molar-refractivity contribution in [3.63, 3.8) is 0 Å². The van der Waals surface area contributed by atoms with Gasteiger partial charge in [0.05, 0.1) is 7.11 Å². The van der Waals surface area contributed by atoms with Gasteiger partial charge in [-0.25, -0.2) is 0 Å². The zero-order valence-electron chi connectivity index (χ0n) is 9.55. The maximum atomic E-state index is 5.24. The van der Waals surface area contributed by atoms with Crippen molar-refractivity contribution in [2.45, 2.75) is 19.3 Å². The molecule has 15 heavy (non-hydrogen) atoms. The number of hydrogen-bond acceptors (Lipinski definition) is 2. The summed E-state index contributed by atoms with van der Waals surface area (Å²) in [6.45, 7) is 1.13. The lowest BCUT2D eigenvalue weighted by Gasteiger charge is -2.24. The molecule has 2 nitrogen and oxygen atoms in total. The van der Waals surface area contributed by atoms with Crippen molar-refractivity contribution >= 4 is 0 Å². The van der Waals surface area contributed by atoms with Crippen LogP contribution in [-0.2, 0) is 12.8 Å². The fraction of sp³-hybridized carbons (Fsp3) is 0.538. The summed E-state index contributed by atoms with van der Waals surface area (Å²) >= 11 is 0. The van der Waals surface area contributed by atoms with Crippen LogP contribution in [0.1, 0.15) is 17.5 Å². The number of rotatable bonds is 3. The Morgan fingerprint density at radius 1 is 1.40 bits per heavy atom. The smallest absolute Gasteiger partial charge is 0.119 e. The molecule has 1 unspecified atom stereocenters. The van der Waals surface area contributed by atoms with Gasteiger partial charge >= 0.3 is 0 Å². The van der Waals surface area contributed by atoms with E-state index in [0.717, 1.165) is 18.2 Å². The lowest BCUT2D eigenvalue weighted by molar-refractivity contribution is 0.409. The average Bonchev–Trinajstić information content (AvgIpc) is 2.29. The van der Waals surface area contributed by atoms with E-state index < -0.39 is 0 Å². The van der Waals surface area contributed by atoms with Gasteiger partial charge in [-0.3, -0.25) is 0 Å². The third-order valence-corrected chi connectivity index (χ3v) is 3.24. The topological polar surface area (TPSA) is 21.3 Å². The van der Waals surface area contributed by atoms with Crippen LogP contribution in [0, 0.1) is 5.92 Å². The van der Waals surface area contributed by atoms with E-state index in [1.54, 1.807) is 7.11 Å². The van der Waals surface area contributed by atoms with Crippen LogP contribution in [0.3, 0.4) is 0 Å². The summed E-state index contributed by atoms with van der Waals surface area (Å²) in [6, 6.07) is 6.47. The summed E-state index contributed by atoms with van der Waals surface area (Å²) < 4.78 is 5.24. The number of hydrogen-bond donors (Lipinski definition) is 1. The van der Waals surface area contributed by atoms with Crippen molar-refractivity contribution in [1.29, 1.82) is 0 Å². The molecule has 1 aliphatic rings. The van der Waals surface area contributed by atoms with Crippen molar-refractivity contribution in [3.8, 4) is 5.75 Å². The second kappa shape index (κ2) is 4.67. The van der Waals surface area contributed by atoms with Crippen LogP contribution in [0.2, 0.25) is 0 Å². The van der Waals surface area contributed by atoms with Crippen molar-refractivity contribution in [1.82, 2.24) is 5.32 Å². The second-order valence-corrected chi connectivity index (χ2v) is 4.30. The van der Waals surface area contributed by atoms with E-state index >= 15 is 0 Å². The van der Waals surface area contributed by atoms with Crippen LogP contribution >= 0.6 is 0 Å². The molecular weight excluding hydrogens is 186 g/mol. The van der Waals surface area contributed by atoms with E-state index in [1.807, 2.05) is 7.05 Å². The number of methoxy groups -OCH3 is 1. The van der Waals surface area contributed by atoms with Gasteiger partial charge in [0.1, 0.15) is 5.75 Å². The van der Waals surface area contributed by atoms with Gasteiger partial charge < -0.3 is 10.1 Å². The molecule has 0 aromatic heterocycles. The van der Waals surface area contributed by atoms with Gasteiger partial charge in [0.2, 0.25) is 0 Å². The Bertz CT molecular complexity index is 335. The van der Waals surface area contributed by atoms with Gasteiger partial charge in [-0.1, -0.05) is 6.07 Å². The highest BCUT2D eigenvalue weighted by Crippen LogP contribution is 2.28. The van der Waals surface area contributed by atoms with Crippen molar-refractivity contribution in [3.05, 3.63) is 29.3 Å². The SMILES string of the molecule is CNCC1CCc2cc(OC)ccc2C1. The quantitative estimate of drug-likeness (QED) is 0.815. The fourth-order valence-corrected chi connectivity index (χ4v) is 2.40. The fourth-order valence-electron chi connectivity index (χ4n) is 2.40. The molecule has 0 amide bonds. The van der Waals surface area contributed by atoms with E-state index in [2.05, 4.69) is 23.5 Å². The molecule has 1 aliphatic carbocycles. The highest BCUT2D eigenvalue weighted by molar-refractivity contribution is 5.37. The molecule has 82 valence electrons. The highest BCUT2D eigenvalue weighted by Gasteiger charge is 2.18. The number of ether oxygens (including phenoxy) is 1. The minimum atomic E-state index is 0.802. The molecule has 0 bridgehead atoms. The summed E-state index contributed by atoms with van der Waals surface area (Å²) in [4.78, 5) is 0. The first-order chi connectivity index (χ1) is 7.33. The zero-order chi connectivity index (χ0) is 10.7. The molecule has 0 aliphatic heterocycles. The second-order valence-electron chi connectivity index (χ2n) is 4.30. The molecule has 0 radical (unpaired) electrons. The number of fused-ring (bicyclic) bond motifs is 1. The van der Waals surface area contributed by atoms with Gasteiger partial charge in [0.25, 0.3) is 0 Å². The maximum absolute atomic E-state index is 5.24. The summed E-state index contributed by atoms with van der Waals surface area (Å²) in [7, 11) is 3.76. The first kappa shape index (κ1) is 10.5. The molecule has 1 atom stereocenters. The first-order valence-electron chi connectivity index (χ1n) is 5.64. The Morgan fingerprint density at radius 2 is 2.27 bits per heavy atom. The predicted octanol–water partition coefficient (Wildman–Crippen LogP) is 2.02. The minimum absolute atomic E-state index is 0.802. The molecule has 0 heterocycles. The minimum Gasteiger partial charge on any atom is -0.497 e.